The molecular formula is C8H21N3O2S. The number of nitrogens with zero attached hydrogens (tertiary/aromatic N) is 1. The van der Waals surface area contributed by atoms with Crippen LogP contribution in [0.3, 0.4) is 0 Å². The van der Waals surface area contributed by atoms with Crippen LogP contribution in [0.2, 0.25) is 0 Å². The second-order valence-corrected chi connectivity index (χ2v) is 6.72. The lowest BCUT2D eigenvalue weighted by molar-refractivity contribution is 0.237. The third-order valence-corrected chi connectivity index (χ3v) is 3.53. The summed E-state index contributed by atoms with van der Waals surface area (Å²) in [6.07, 6.45) is 1.18. The van der Waals surface area contributed by atoms with Crippen LogP contribution in [0.25, 0.3) is 0 Å². The Morgan fingerprint density at radius 3 is 2.07 bits per heavy atom. The van der Waals surface area contributed by atoms with Crippen LogP contribution >= 0.6 is 0 Å². The topological polar surface area (TPSA) is 75.4 Å². The summed E-state index contributed by atoms with van der Waals surface area (Å²) in [5, 5.41) is 0. The Bertz CT molecular complexity index is 269. The Morgan fingerprint density at radius 2 is 1.86 bits per heavy atom. The van der Waals surface area contributed by atoms with E-state index < -0.39 is 10.0 Å². The highest BCUT2D eigenvalue weighted by Crippen LogP contribution is 2.19. The summed E-state index contributed by atoms with van der Waals surface area (Å²) >= 11 is 0. The van der Waals surface area contributed by atoms with Crippen LogP contribution in [0.1, 0.15) is 20.8 Å². The van der Waals surface area contributed by atoms with Gasteiger partial charge in [0.15, 0.2) is 0 Å². The molecule has 0 aliphatic rings. The smallest absolute Gasteiger partial charge is 0.211 e. The van der Waals surface area contributed by atoms with E-state index in [1.807, 2.05) is 20.8 Å². The molecule has 6 heteroatoms. The van der Waals surface area contributed by atoms with Gasteiger partial charge in [0.05, 0.1) is 6.26 Å². The fourth-order valence-corrected chi connectivity index (χ4v) is 1.39. The van der Waals surface area contributed by atoms with Crippen LogP contribution in [-0.4, -0.2) is 38.6 Å². The van der Waals surface area contributed by atoms with Crippen LogP contribution in [0, 0.1) is 5.41 Å². The average Bonchev–Trinajstić information content (AvgIpc) is 1.95. The maximum Gasteiger partial charge on any atom is 0.211 e. The van der Waals surface area contributed by atoms with Crippen LogP contribution in [-0.2, 0) is 10.0 Å². The zero-order chi connectivity index (χ0) is 11.6. The van der Waals surface area contributed by atoms with Crippen molar-refractivity contribution in [3.8, 4) is 0 Å². The van der Waals surface area contributed by atoms with Crippen LogP contribution in [0.5, 0.6) is 0 Å². The number of rotatable bonds is 4. The summed E-state index contributed by atoms with van der Waals surface area (Å²) in [4.78, 5) is 0. The number of nitrogens with two attached hydrogens (primary N) is 1. The van der Waals surface area contributed by atoms with Crippen LogP contribution < -0.4 is 11.3 Å². The normalized spacial score (nSPS) is 15.9. The molecule has 14 heavy (non-hydrogen) atoms. The predicted molar refractivity (Wildman–Crippen MR) is 58.0 cm³/mol. The molecule has 86 valence electrons. The van der Waals surface area contributed by atoms with Gasteiger partial charge in [-0.25, -0.2) is 12.7 Å². The van der Waals surface area contributed by atoms with Crippen molar-refractivity contribution < 1.29 is 8.42 Å². The zero-order valence-corrected chi connectivity index (χ0v) is 10.4. The number of nitrogens with one attached hydrogen (secondary N) is 1. The average molecular weight is 223 g/mol. The molecule has 0 saturated heterocycles. The third kappa shape index (κ3) is 4.36. The molecule has 0 spiro atoms. The lowest BCUT2D eigenvalue weighted by atomic mass is 9.87. The fraction of sp³-hybridized carbons (Fsp3) is 1.00. The highest BCUT2D eigenvalue weighted by Gasteiger charge is 2.26. The summed E-state index contributed by atoms with van der Waals surface area (Å²) in [7, 11) is -1.58. The van der Waals surface area contributed by atoms with E-state index in [9.17, 15) is 8.42 Å². The second kappa shape index (κ2) is 4.57. The number of hydrazine groups is 1. The van der Waals surface area contributed by atoms with E-state index in [0.717, 1.165) is 0 Å². The number of likely N-dealkylation sites (N-methyl/N-ethyl adjacent to an activating group) is 1. The summed E-state index contributed by atoms with van der Waals surface area (Å²) < 4.78 is 23.6. The molecule has 0 aromatic heterocycles. The standard InChI is InChI=1S/C8H21N3O2S/c1-8(2,3)7(10-9)6-11(4)14(5,12)13/h7,10H,6,9H2,1-5H3/t7-/m1/s1. The minimum atomic E-state index is -3.13. The molecule has 5 nitrogen and oxygen atoms in total. The molecule has 0 unspecified atom stereocenters. The third-order valence-electron chi connectivity index (χ3n) is 2.25. The molecule has 0 amide bonds. The summed E-state index contributed by atoms with van der Waals surface area (Å²) in [5.41, 5.74) is 2.56. The molecule has 0 aromatic carbocycles. The summed E-state index contributed by atoms with van der Waals surface area (Å²) in [5.74, 6) is 5.38. The van der Waals surface area contributed by atoms with E-state index in [0.29, 0.717) is 6.54 Å². The highest BCUT2D eigenvalue weighted by atomic mass is 32.2. The Labute approximate surface area is 86.7 Å². The lowest BCUT2D eigenvalue weighted by Crippen LogP contribution is -2.51. The first-order valence-electron chi connectivity index (χ1n) is 4.46. The minimum absolute atomic E-state index is 0.0674. The molecule has 3 N–H and O–H groups in total. The van der Waals surface area contributed by atoms with Crippen LogP contribution in [0.15, 0.2) is 0 Å². The Kier molecular flexibility index (Phi) is 4.51. The SMILES string of the molecule is CN(C[C@@H](NN)C(C)(C)C)S(C)(=O)=O. The van der Waals surface area contributed by atoms with Crippen molar-refractivity contribution in [2.45, 2.75) is 26.8 Å². The van der Waals surface area contributed by atoms with Gasteiger partial charge in [-0.15, -0.1) is 0 Å². The maximum atomic E-state index is 11.2. The molecular weight excluding hydrogens is 202 g/mol. The molecule has 0 bridgehead atoms. The van der Waals surface area contributed by atoms with Gasteiger partial charge < -0.3 is 0 Å². The molecule has 0 rings (SSSR count). The van der Waals surface area contributed by atoms with Gasteiger partial charge in [-0.05, 0) is 5.41 Å². The highest BCUT2D eigenvalue weighted by molar-refractivity contribution is 7.88. The fourth-order valence-electron chi connectivity index (χ4n) is 0.969. The monoisotopic (exact) mass is 223 g/mol. The largest absolute Gasteiger partial charge is 0.271 e. The van der Waals surface area contributed by atoms with Crippen molar-refractivity contribution in [2.75, 3.05) is 19.8 Å². The van der Waals surface area contributed by atoms with Gasteiger partial charge in [-0.2, -0.15) is 0 Å². The Morgan fingerprint density at radius 1 is 1.43 bits per heavy atom. The number of hydrogen-bond acceptors (Lipinski definition) is 4. The van der Waals surface area contributed by atoms with Crippen molar-refractivity contribution >= 4 is 10.0 Å². The predicted octanol–water partition coefficient (Wildman–Crippen LogP) is -0.244. The van der Waals surface area contributed by atoms with Gasteiger partial charge in [0.1, 0.15) is 0 Å². The quantitative estimate of drug-likeness (QED) is 0.509. The first kappa shape index (κ1) is 13.8. The van der Waals surface area contributed by atoms with Gasteiger partial charge in [0, 0.05) is 19.6 Å². The molecule has 0 heterocycles. The maximum absolute atomic E-state index is 11.2. The summed E-state index contributed by atoms with van der Waals surface area (Å²) in [6.45, 7) is 6.40. The van der Waals surface area contributed by atoms with E-state index in [2.05, 4.69) is 5.43 Å². The van der Waals surface area contributed by atoms with Crippen molar-refractivity contribution in [2.24, 2.45) is 11.3 Å². The van der Waals surface area contributed by atoms with Crippen LogP contribution in [0.4, 0.5) is 0 Å². The first-order valence-corrected chi connectivity index (χ1v) is 6.31. The van der Waals surface area contributed by atoms with E-state index in [4.69, 9.17) is 5.84 Å². The van der Waals surface area contributed by atoms with Gasteiger partial charge >= 0.3 is 0 Å². The van der Waals surface area contributed by atoms with Crippen molar-refractivity contribution in [1.29, 1.82) is 0 Å². The van der Waals surface area contributed by atoms with Crippen molar-refractivity contribution in [1.82, 2.24) is 9.73 Å². The van der Waals surface area contributed by atoms with Gasteiger partial charge in [-0.3, -0.25) is 11.3 Å². The molecule has 0 fully saturated rings. The van der Waals surface area contributed by atoms with Crippen molar-refractivity contribution in [3.63, 3.8) is 0 Å². The molecule has 1 atom stereocenters. The van der Waals surface area contributed by atoms with E-state index >= 15 is 0 Å². The van der Waals surface area contributed by atoms with E-state index in [-0.39, 0.29) is 11.5 Å². The van der Waals surface area contributed by atoms with E-state index in [1.165, 1.54) is 10.6 Å². The number of sulfonamides is 1. The first-order chi connectivity index (χ1) is 6.09. The lowest BCUT2D eigenvalue weighted by Gasteiger charge is -2.32. The Balaban J connectivity index is 4.50. The second-order valence-electron chi connectivity index (χ2n) is 4.63. The minimum Gasteiger partial charge on any atom is -0.271 e. The van der Waals surface area contributed by atoms with Gasteiger partial charge in [-0.1, -0.05) is 20.8 Å². The van der Waals surface area contributed by atoms with Gasteiger partial charge in [0.2, 0.25) is 10.0 Å². The zero-order valence-electron chi connectivity index (χ0n) is 9.53. The molecule has 0 radical (unpaired) electrons. The number of hydrogen-bond donors (Lipinski definition) is 2. The molecule has 0 aromatic rings. The summed E-state index contributed by atoms with van der Waals surface area (Å²) in [6, 6.07) is -0.0674. The molecule has 0 aliphatic heterocycles. The Hall–Kier alpha value is -0.170. The molecule has 0 aliphatic carbocycles. The van der Waals surface area contributed by atoms with Gasteiger partial charge in [0.25, 0.3) is 0 Å². The molecule has 0 saturated carbocycles. The van der Waals surface area contributed by atoms with E-state index in [1.54, 1.807) is 7.05 Å². The van der Waals surface area contributed by atoms with Crippen molar-refractivity contribution in [3.05, 3.63) is 0 Å².